The summed E-state index contributed by atoms with van der Waals surface area (Å²) in [7, 11) is 0. The molecule has 0 aliphatic heterocycles. The van der Waals surface area contributed by atoms with E-state index in [-0.39, 0.29) is 12.3 Å². The van der Waals surface area contributed by atoms with Crippen LogP contribution in [-0.2, 0) is 9.59 Å². The van der Waals surface area contributed by atoms with Crippen molar-refractivity contribution >= 4 is 11.9 Å². The van der Waals surface area contributed by atoms with Crippen LogP contribution in [0.25, 0.3) is 0 Å². The van der Waals surface area contributed by atoms with E-state index < -0.39 is 12.0 Å². The van der Waals surface area contributed by atoms with E-state index in [0.717, 1.165) is 6.42 Å². The Morgan fingerprint density at radius 2 is 1.94 bits per heavy atom. The van der Waals surface area contributed by atoms with Crippen LogP contribution in [0.15, 0.2) is 0 Å². The largest absolute Gasteiger partial charge is 0.481 e. The van der Waals surface area contributed by atoms with Crippen molar-refractivity contribution in [1.82, 2.24) is 10.6 Å². The molecule has 0 saturated heterocycles. The van der Waals surface area contributed by atoms with E-state index in [2.05, 4.69) is 24.5 Å². The minimum Gasteiger partial charge on any atom is -0.481 e. The third-order valence-electron chi connectivity index (χ3n) is 2.16. The molecular formula is C11H22N2O3. The second-order valence-corrected chi connectivity index (χ2v) is 4.18. The first-order valence-corrected chi connectivity index (χ1v) is 5.70. The molecule has 3 N–H and O–H groups in total. The van der Waals surface area contributed by atoms with E-state index in [9.17, 15) is 9.59 Å². The Labute approximate surface area is 96.6 Å². The molecule has 16 heavy (non-hydrogen) atoms. The molecule has 0 aliphatic carbocycles. The standard InChI is InChI=1S/C11H22N2O3/c1-4-12-11(16)9(7-10(14)15)13-6-5-8(2)3/h8-9,13H,4-7H2,1-3H3,(H,12,16)(H,14,15)/t9-/m0/s1. The number of carbonyl (C=O) groups is 2. The highest BCUT2D eigenvalue weighted by atomic mass is 16.4. The maximum atomic E-state index is 11.5. The summed E-state index contributed by atoms with van der Waals surface area (Å²) in [6.07, 6.45) is 0.749. The number of carbonyl (C=O) groups excluding carboxylic acids is 1. The Bertz CT molecular complexity index is 229. The van der Waals surface area contributed by atoms with E-state index in [1.807, 2.05) is 6.92 Å². The van der Waals surface area contributed by atoms with Crippen molar-refractivity contribution in [2.45, 2.75) is 39.7 Å². The van der Waals surface area contributed by atoms with Gasteiger partial charge in [-0.05, 0) is 25.8 Å². The van der Waals surface area contributed by atoms with Gasteiger partial charge in [-0.3, -0.25) is 9.59 Å². The van der Waals surface area contributed by atoms with Gasteiger partial charge in [0.25, 0.3) is 0 Å². The number of rotatable bonds is 8. The van der Waals surface area contributed by atoms with Gasteiger partial charge in [0.15, 0.2) is 0 Å². The molecule has 1 atom stereocenters. The predicted molar refractivity (Wildman–Crippen MR) is 62.2 cm³/mol. The number of hydrogen-bond acceptors (Lipinski definition) is 3. The van der Waals surface area contributed by atoms with Gasteiger partial charge in [0.1, 0.15) is 0 Å². The van der Waals surface area contributed by atoms with Crippen LogP contribution in [0.3, 0.4) is 0 Å². The Morgan fingerprint density at radius 1 is 1.31 bits per heavy atom. The molecule has 5 heteroatoms. The quantitative estimate of drug-likeness (QED) is 0.570. The third kappa shape index (κ3) is 7.23. The van der Waals surface area contributed by atoms with Gasteiger partial charge in [0.2, 0.25) is 5.91 Å². The average molecular weight is 230 g/mol. The minimum absolute atomic E-state index is 0.177. The first-order valence-electron chi connectivity index (χ1n) is 5.70. The zero-order valence-electron chi connectivity index (χ0n) is 10.2. The van der Waals surface area contributed by atoms with Gasteiger partial charge in [-0.15, -0.1) is 0 Å². The van der Waals surface area contributed by atoms with Gasteiger partial charge < -0.3 is 15.7 Å². The fourth-order valence-electron chi connectivity index (χ4n) is 1.28. The summed E-state index contributed by atoms with van der Waals surface area (Å²) in [5.74, 6) is -0.672. The SMILES string of the molecule is CCNC(=O)[C@H](CC(=O)O)NCCC(C)C. The number of carboxylic acids is 1. The number of carboxylic acid groups (broad SMARTS) is 1. The van der Waals surface area contributed by atoms with Crippen LogP contribution in [0.2, 0.25) is 0 Å². The molecule has 0 heterocycles. The van der Waals surface area contributed by atoms with Crippen molar-refractivity contribution in [2.24, 2.45) is 5.92 Å². The fraction of sp³-hybridized carbons (Fsp3) is 0.818. The monoisotopic (exact) mass is 230 g/mol. The van der Waals surface area contributed by atoms with Crippen LogP contribution in [0.4, 0.5) is 0 Å². The van der Waals surface area contributed by atoms with Crippen LogP contribution in [0.1, 0.15) is 33.6 Å². The molecule has 0 aliphatic rings. The number of nitrogens with one attached hydrogen (secondary N) is 2. The fourth-order valence-corrected chi connectivity index (χ4v) is 1.28. The molecule has 0 rings (SSSR count). The Balaban J connectivity index is 4.09. The van der Waals surface area contributed by atoms with E-state index in [1.165, 1.54) is 0 Å². The van der Waals surface area contributed by atoms with Gasteiger partial charge in [-0.25, -0.2) is 0 Å². The highest BCUT2D eigenvalue weighted by Crippen LogP contribution is 1.99. The molecule has 0 unspecified atom stereocenters. The summed E-state index contributed by atoms with van der Waals surface area (Å²) in [5, 5.41) is 14.3. The zero-order valence-corrected chi connectivity index (χ0v) is 10.2. The normalized spacial score (nSPS) is 12.5. The lowest BCUT2D eigenvalue weighted by Crippen LogP contribution is -2.45. The van der Waals surface area contributed by atoms with E-state index in [1.54, 1.807) is 0 Å². The van der Waals surface area contributed by atoms with Crippen molar-refractivity contribution < 1.29 is 14.7 Å². The molecule has 0 aromatic carbocycles. The number of likely N-dealkylation sites (N-methyl/N-ethyl adjacent to an activating group) is 1. The van der Waals surface area contributed by atoms with Crippen LogP contribution in [-0.4, -0.2) is 36.1 Å². The maximum absolute atomic E-state index is 11.5. The molecule has 0 aromatic heterocycles. The van der Waals surface area contributed by atoms with Crippen LogP contribution in [0, 0.1) is 5.92 Å². The molecule has 0 radical (unpaired) electrons. The summed E-state index contributed by atoms with van der Waals surface area (Å²) < 4.78 is 0. The Morgan fingerprint density at radius 3 is 2.38 bits per heavy atom. The van der Waals surface area contributed by atoms with Gasteiger partial charge in [0, 0.05) is 6.54 Å². The Kier molecular flexibility index (Phi) is 7.54. The second kappa shape index (κ2) is 8.10. The lowest BCUT2D eigenvalue weighted by Gasteiger charge is -2.16. The van der Waals surface area contributed by atoms with Gasteiger partial charge in [-0.1, -0.05) is 13.8 Å². The zero-order chi connectivity index (χ0) is 12.6. The molecule has 5 nitrogen and oxygen atoms in total. The van der Waals surface area contributed by atoms with Crippen molar-refractivity contribution in [2.75, 3.05) is 13.1 Å². The summed E-state index contributed by atoms with van der Waals surface area (Å²) in [4.78, 5) is 22.1. The highest BCUT2D eigenvalue weighted by molar-refractivity contribution is 5.86. The molecule has 94 valence electrons. The average Bonchev–Trinajstić information content (AvgIpc) is 2.15. The molecule has 0 fully saturated rings. The van der Waals surface area contributed by atoms with Crippen molar-refractivity contribution in [3.63, 3.8) is 0 Å². The van der Waals surface area contributed by atoms with E-state index >= 15 is 0 Å². The van der Waals surface area contributed by atoms with Gasteiger partial charge >= 0.3 is 5.97 Å². The molecular weight excluding hydrogens is 208 g/mol. The van der Waals surface area contributed by atoms with Crippen LogP contribution < -0.4 is 10.6 Å². The molecule has 0 bridgehead atoms. The van der Waals surface area contributed by atoms with Crippen molar-refractivity contribution in [1.29, 1.82) is 0 Å². The molecule has 1 amide bonds. The van der Waals surface area contributed by atoms with E-state index in [4.69, 9.17) is 5.11 Å². The number of amides is 1. The number of hydrogen-bond donors (Lipinski definition) is 3. The van der Waals surface area contributed by atoms with Gasteiger partial charge in [-0.2, -0.15) is 0 Å². The van der Waals surface area contributed by atoms with Gasteiger partial charge in [0.05, 0.1) is 12.5 Å². The topological polar surface area (TPSA) is 78.4 Å². The number of aliphatic carboxylic acids is 1. The van der Waals surface area contributed by atoms with Crippen LogP contribution >= 0.6 is 0 Å². The van der Waals surface area contributed by atoms with Crippen molar-refractivity contribution in [3.8, 4) is 0 Å². The maximum Gasteiger partial charge on any atom is 0.305 e. The smallest absolute Gasteiger partial charge is 0.305 e. The first-order chi connectivity index (χ1) is 7.47. The lowest BCUT2D eigenvalue weighted by molar-refractivity contribution is -0.139. The first kappa shape index (κ1) is 14.9. The molecule has 0 spiro atoms. The predicted octanol–water partition coefficient (Wildman–Crippen LogP) is 0.601. The lowest BCUT2D eigenvalue weighted by atomic mass is 10.1. The third-order valence-corrected chi connectivity index (χ3v) is 2.16. The Hall–Kier alpha value is -1.10. The molecule has 0 saturated carbocycles. The summed E-state index contributed by atoms with van der Waals surface area (Å²) in [5.41, 5.74) is 0. The van der Waals surface area contributed by atoms with Crippen molar-refractivity contribution in [3.05, 3.63) is 0 Å². The summed E-state index contributed by atoms with van der Waals surface area (Å²) in [6.45, 7) is 7.15. The minimum atomic E-state index is -0.965. The summed E-state index contributed by atoms with van der Waals surface area (Å²) in [6, 6.07) is -0.629. The molecule has 0 aromatic rings. The van der Waals surface area contributed by atoms with Crippen LogP contribution in [0.5, 0.6) is 0 Å². The highest BCUT2D eigenvalue weighted by Gasteiger charge is 2.20. The second-order valence-electron chi connectivity index (χ2n) is 4.18. The summed E-state index contributed by atoms with van der Waals surface area (Å²) >= 11 is 0. The van der Waals surface area contributed by atoms with E-state index in [0.29, 0.717) is 19.0 Å².